The number of sulfonamides is 1. The van der Waals surface area contributed by atoms with Crippen LogP contribution in [0.5, 0.6) is 0 Å². The minimum atomic E-state index is -4.79. The molecule has 0 spiro atoms. The fourth-order valence-electron chi connectivity index (χ4n) is 4.28. The first kappa shape index (κ1) is 34.2. The van der Waals surface area contributed by atoms with E-state index in [1.54, 1.807) is 61.5 Å². The highest BCUT2D eigenvalue weighted by Crippen LogP contribution is 2.36. The molecule has 7 nitrogen and oxygen atoms in total. The second-order valence-corrected chi connectivity index (χ2v) is 12.8. The van der Waals surface area contributed by atoms with Gasteiger partial charge in [0.2, 0.25) is 21.8 Å². The van der Waals surface area contributed by atoms with E-state index >= 15 is 0 Å². The van der Waals surface area contributed by atoms with Gasteiger partial charge in [0.05, 0.1) is 22.5 Å². The molecule has 0 unspecified atom stereocenters. The van der Waals surface area contributed by atoms with E-state index in [1.807, 2.05) is 6.92 Å². The second-order valence-electron chi connectivity index (χ2n) is 10.1. The average Bonchev–Trinajstić information content (AvgIpc) is 2.94. The summed E-state index contributed by atoms with van der Waals surface area (Å²) in [6, 6.07) is 16.4. The molecule has 43 heavy (non-hydrogen) atoms. The number of halogens is 5. The highest BCUT2D eigenvalue weighted by Gasteiger charge is 2.36. The Balaban J connectivity index is 2.13. The maximum absolute atomic E-state index is 14.1. The van der Waals surface area contributed by atoms with Gasteiger partial charge >= 0.3 is 6.18 Å². The molecule has 3 aromatic rings. The van der Waals surface area contributed by atoms with E-state index in [-0.39, 0.29) is 24.0 Å². The highest BCUT2D eigenvalue weighted by atomic mass is 35.5. The number of nitrogens with zero attached hydrogens (tertiary/aromatic N) is 2. The van der Waals surface area contributed by atoms with Gasteiger partial charge in [-0.1, -0.05) is 78.7 Å². The van der Waals surface area contributed by atoms with Gasteiger partial charge in [-0.05, 0) is 48.7 Å². The molecule has 0 saturated carbocycles. The Kier molecular flexibility index (Phi) is 11.5. The van der Waals surface area contributed by atoms with Crippen molar-refractivity contribution >= 4 is 50.7 Å². The number of anilines is 1. The van der Waals surface area contributed by atoms with Crippen LogP contribution in [-0.4, -0.2) is 50.0 Å². The maximum Gasteiger partial charge on any atom is 0.416 e. The van der Waals surface area contributed by atoms with Crippen molar-refractivity contribution in [1.29, 1.82) is 0 Å². The lowest BCUT2D eigenvalue weighted by Crippen LogP contribution is -2.54. The van der Waals surface area contributed by atoms with Gasteiger partial charge in [0.1, 0.15) is 12.6 Å². The van der Waals surface area contributed by atoms with Gasteiger partial charge in [0.15, 0.2) is 0 Å². The first-order valence-corrected chi connectivity index (χ1v) is 15.9. The van der Waals surface area contributed by atoms with E-state index in [1.165, 1.54) is 4.90 Å². The Hall–Kier alpha value is -3.28. The molecule has 0 aliphatic heterocycles. The Labute approximate surface area is 259 Å². The number of hydrogen-bond donors (Lipinski definition) is 1. The van der Waals surface area contributed by atoms with Crippen LogP contribution in [0.4, 0.5) is 18.9 Å². The SMILES string of the molecule is CC[C@@H](C)NC(=O)[C@H](Cc1ccccc1)N(Cc1ccccc1Cl)C(=O)CN(c1cc(C(F)(F)F)ccc1Cl)S(C)(=O)=O. The minimum Gasteiger partial charge on any atom is -0.352 e. The largest absolute Gasteiger partial charge is 0.416 e. The average molecular weight is 659 g/mol. The Bertz CT molecular complexity index is 1540. The topological polar surface area (TPSA) is 86.8 Å². The van der Waals surface area contributed by atoms with E-state index in [4.69, 9.17) is 23.2 Å². The van der Waals surface area contributed by atoms with Crippen LogP contribution in [0.2, 0.25) is 10.0 Å². The van der Waals surface area contributed by atoms with Crippen molar-refractivity contribution in [3.63, 3.8) is 0 Å². The fourth-order valence-corrected chi connectivity index (χ4v) is 5.60. The van der Waals surface area contributed by atoms with Crippen molar-refractivity contribution < 1.29 is 31.2 Å². The molecule has 2 atom stereocenters. The monoisotopic (exact) mass is 657 g/mol. The van der Waals surface area contributed by atoms with E-state index in [0.29, 0.717) is 33.4 Å². The van der Waals surface area contributed by atoms with Crippen LogP contribution in [0.25, 0.3) is 0 Å². The first-order valence-electron chi connectivity index (χ1n) is 13.3. The summed E-state index contributed by atoms with van der Waals surface area (Å²) in [5, 5.41) is 2.89. The molecule has 1 N–H and O–H groups in total. The van der Waals surface area contributed by atoms with Crippen molar-refractivity contribution in [2.75, 3.05) is 17.1 Å². The fraction of sp³-hybridized carbons (Fsp3) is 0.333. The zero-order chi connectivity index (χ0) is 31.9. The third kappa shape index (κ3) is 9.35. The normalized spacial score (nSPS) is 13.2. The van der Waals surface area contributed by atoms with Gasteiger partial charge in [-0.3, -0.25) is 13.9 Å². The number of rotatable bonds is 12. The molecule has 0 fully saturated rings. The summed E-state index contributed by atoms with van der Waals surface area (Å²) in [6.45, 7) is 2.58. The summed E-state index contributed by atoms with van der Waals surface area (Å²) in [5.41, 5.74) is -0.455. The predicted octanol–water partition coefficient (Wildman–Crippen LogP) is 6.33. The third-order valence-corrected chi connectivity index (χ3v) is 8.61. The molecule has 2 amide bonds. The number of alkyl halides is 3. The van der Waals surface area contributed by atoms with E-state index in [2.05, 4.69) is 5.32 Å². The molecule has 0 aliphatic carbocycles. The lowest BCUT2D eigenvalue weighted by atomic mass is 10.0. The van der Waals surface area contributed by atoms with Crippen LogP contribution in [0.3, 0.4) is 0 Å². The number of hydrogen-bond acceptors (Lipinski definition) is 4. The number of amides is 2. The van der Waals surface area contributed by atoms with Gasteiger partial charge in [0.25, 0.3) is 0 Å². The summed E-state index contributed by atoms with van der Waals surface area (Å²) in [7, 11) is -4.33. The summed E-state index contributed by atoms with van der Waals surface area (Å²) in [4.78, 5) is 29.0. The summed E-state index contributed by atoms with van der Waals surface area (Å²) in [5.74, 6) is -1.33. The molecule has 0 radical (unpaired) electrons. The summed E-state index contributed by atoms with van der Waals surface area (Å²) in [6.07, 6.45) is -3.36. The van der Waals surface area contributed by atoms with Crippen molar-refractivity contribution in [3.8, 4) is 0 Å². The molecular weight excluding hydrogens is 626 g/mol. The molecule has 232 valence electrons. The van der Waals surface area contributed by atoms with Crippen molar-refractivity contribution in [2.24, 2.45) is 0 Å². The number of carbonyl (C=O) groups is 2. The predicted molar refractivity (Wildman–Crippen MR) is 162 cm³/mol. The lowest BCUT2D eigenvalue weighted by molar-refractivity contribution is -0.140. The summed E-state index contributed by atoms with van der Waals surface area (Å²) < 4.78 is 66.9. The molecule has 0 bridgehead atoms. The second kappa shape index (κ2) is 14.5. The van der Waals surface area contributed by atoms with Crippen LogP contribution < -0.4 is 9.62 Å². The van der Waals surface area contributed by atoms with Gasteiger partial charge in [0, 0.05) is 24.0 Å². The van der Waals surface area contributed by atoms with Crippen LogP contribution in [0, 0.1) is 0 Å². The van der Waals surface area contributed by atoms with Gasteiger partial charge in [-0.15, -0.1) is 0 Å². The van der Waals surface area contributed by atoms with E-state index < -0.39 is 51.9 Å². The van der Waals surface area contributed by atoms with Crippen molar-refractivity contribution in [3.05, 3.63) is 99.5 Å². The molecule has 3 rings (SSSR count). The standard InChI is InChI=1S/C30H32Cl2F3N3O4S/c1-4-20(2)36-29(40)27(16-21-10-6-5-7-11-21)37(18-22-12-8-9-13-24(22)31)28(39)19-38(43(3,41)42)26-17-23(30(33,34)35)14-15-25(26)32/h5-15,17,20,27H,4,16,18-19H2,1-3H3,(H,36,40)/t20-,27+/m1/s1. The van der Waals surface area contributed by atoms with E-state index in [9.17, 15) is 31.2 Å². The Morgan fingerprint density at radius 1 is 0.953 bits per heavy atom. The van der Waals surface area contributed by atoms with Crippen LogP contribution in [-0.2, 0) is 38.8 Å². The lowest BCUT2D eigenvalue weighted by Gasteiger charge is -2.34. The quantitative estimate of drug-likeness (QED) is 0.247. The summed E-state index contributed by atoms with van der Waals surface area (Å²) >= 11 is 12.6. The van der Waals surface area contributed by atoms with Gasteiger partial charge < -0.3 is 10.2 Å². The zero-order valence-electron chi connectivity index (χ0n) is 23.7. The van der Waals surface area contributed by atoms with Crippen molar-refractivity contribution in [1.82, 2.24) is 10.2 Å². The number of nitrogens with one attached hydrogen (secondary N) is 1. The molecule has 0 aromatic heterocycles. The van der Waals surface area contributed by atoms with Crippen molar-refractivity contribution in [2.45, 2.75) is 51.5 Å². The molecule has 0 aliphatic rings. The minimum absolute atomic E-state index is 0.0719. The third-order valence-electron chi connectivity index (χ3n) is 6.79. The van der Waals surface area contributed by atoms with Crippen LogP contribution in [0.1, 0.15) is 37.0 Å². The first-order chi connectivity index (χ1) is 20.1. The molecule has 0 heterocycles. The Morgan fingerprint density at radius 2 is 1.58 bits per heavy atom. The van der Waals surface area contributed by atoms with E-state index in [0.717, 1.165) is 17.9 Å². The molecule has 0 saturated heterocycles. The molecule has 13 heteroatoms. The highest BCUT2D eigenvalue weighted by molar-refractivity contribution is 7.92. The number of benzene rings is 3. The number of carbonyl (C=O) groups excluding carboxylic acids is 2. The Morgan fingerprint density at radius 3 is 2.16 bits per heavy atom. The van der Waals surface area contributed by atoms with Gasteiger partial charge in [-0.2, -0.15) is 13.2 Å². The maximum atomic E-state index is 14.1. The van der Waals surface area contributed by atoms with Crippen LogP contribution in [0.15, 0.2) is 72.8 Å². The van der Waals surface area contributed by atoms with Gasteiger partial charge in [-0.25, -0.2) is 8.42 Å². The van der Waals surface area contributed by atoms with Crippen LogP contribution >= 0.6 is 23.2 Å². The zero-order valence-corrected chi connectivity index (χ0v) is 26.1. The molecule has 3 aromatic carbocycles. The smallest absolute Gasteiger partial charge is 0.352 e. The molecular formula is C30H32Cl2F3N3O4S.